The summed E-state index contributed by atoms with van der Waals surface area (Å²) >= 11 is 1.61. The molecule has 0 radical (unpaired) electrons. The molecule has 3 heterocycles. The first-order chi connectivity index (χ1) is 13.5. The molecule has 1 saturated heterocycles. The summed E-state index contributed by atoms with van der Waals surface area (Å²) in [5, 5.41) is 9.09. The number of anilines is 2. The van der Waals surface area contributed by atoms with Crippen molar-refractivity contribution in [1.82, 2.24) is 9.78 Å². The molecule has 28 heavy (non-hydrogen) atoms. The van der Waals surface area contributed by atoms with Crippen LogP contribution in [-0.4, -0.2) is 28.1 Å². The molecule has 2 amide bonds. The first-order valence-corrected chi connectivity index (χ1v) is 9.81. The van der Waals surface area contributed by atoms with Crippen molar-refractivity contribution in [3.8, 4) is 0 Å². The second kappa shape index (κ2) is 7.55. The number of carbonyl (C=O) groups is 2. The third-order valence-corrected chi connectivity index (χ3v) is 5.60. The number of halogens is 1. The van der Waals surface area contributed by atoms with Crippen molar-refractivity contribution in [3.63, 3.8) is 0 Å². The van der Waals surface area contributed by atoms with Crippen LogP contribution in [0, 0.1) is 18.7 Å². The zero-order valence-electron chi connectivity index (χ0n) is 15.3. The SMILES string of the molecule is Cc1ccc(N2C[C@H](C(=O)Nc3ccnn3Cc3cccs3)CC2=O)c(F)c1. The minimum atomic E-state index is -0.543. The Morgan fingerprint density at radius 1 is 1.36 bits per heavy atom. The molecular weight excluding hydrogens is 379 g/mol. The number of amides is 2. The lowest BCUT2D eigenvalue weighted by molar-refractivity contribution is -0.122. The second-order valence-electron chi connectivity index (χ2n) is 6.80. The number of carbonyl (C=O) groups excluding carboxylic acids is 2. The third-order valence-electron chi connectivity index (χ3n) is 4.74. The van der Waals surface area contributed by atoms with Gasteiger partial charge in [-0.15, -0.1) is 11.3 Å². The average molecular weight is 398 g/mol. The minimum Gasteiger partial charge on any atom is -0.311 e. The van der Waals surface area contributed by atoms with Crippen LogP contribution in [0.1, 0.15) is 16.9 Å². The number of thiophene rings is 1. The maximum Gasteiger partial charge on any atom is 0.230 e. The van der Waals surface area contributed by atoms with Crippen LogP contribution in [0.3, 0.4) is 0 Å². The lowest BCUT2D eigenvalue weighted by Crippen LogP contribution is -2.29. The van der Waals surface area contributed by atoms with E-state index in [0.717, 1.165) is 10.4 Å². The van der Waals surface area contributed by atoms with Crippen LogP contribution < -0.4 is 10.2 Å². The molecule has 8 heteroatoms. The Labute approximate surface area is 165 Å². The van der Waals surface area contributed by atoms with Crippen LogP contribution in [0.15, 0.2) is 48.0 Å². The predicted molar refractivity (Wildman–Crippen MR) is 106 cm³/mol. The zero-order chi connectivity index (χ0) is 19.7. The third kappa shape index (κ3) is 3.68. The monoisotopic (exact) mass is 398 g/mol. The highest BCUT2D eigenvalue weighted by atomic mass is 32.1. The van der Waals surface area contributed by atoms with Crippen LogP contribution in [0.4, 0.5) is 15.9 Å². The van der Waals surface area contributed by atoms with Gasteiger partial charge >= 0.3 is 0 Å². The van der Waals surface area contributed by atoms with Gasteiger partial charge in [0.1, 0.15) is 11.6 Å². The molecule has 1 N–H and O–H groups in total. The van der Waals surface area contributed by atoms with Gasteiger partial charge in [-0.2, -0.15) is 5.10 Å². The smallest absolute Gasteiger partial charge is 0.230 e. The maximum atomic E-state index is 14.2. The Morgan fingerprint density at radius 3 is 2.96 bits per heavy atom. The molecule has 0 aliphatic carbocycles. The Hall–Kier alpha value is -3.00. The van der Waals surface area contributed by atoms with Crippen molar-refractivity contribution in [2.24, 2.45) is 5.92 Å². The van der Waals surface area contributed by atoms with Crippen molar-refractivity contribution >= 4 is 34.7 Å². The molecule has 4 rings (SSSR count). The molecule has 0 bridgehead atoms. The predicted octanol–water partition coefficient (Wildman–Crippen LogP) is 3.43. The van der Waals surface area contributed by atoms with Crippen LogP contribution in [0.5, 0.6) is 0 Å². The molecule has 1 aliphatic heterocycles. The quantitative estimate of drug-likeness (QED) is 0.716. The molecule has 0 saturated carbocycles. The molecule has 2 aromatic heterocycles. The van der Waals surface area contributed by atoms with Gasteiger partial charge in [0.25, 0.3) is 0 Å². The van der Waals surface area contributed by atoms with E-state index in [1.165, 1.54) is 11.0 Å². The van der Waals surface area contributed by atoms with Gasteiger partial charge in [-0.1, -0.05) is 12.1 Å². The molecular formula is C20H19FN4O2S. The van der Waals surface area contributed by atoms with E-state index in [0.29, 0.717) is 12.4 Å². The summed E-state index contributed by atoms with van der Waals surface area (Å²) < 4.78 is 15.9. The standard InChI is InChI=1S/C20H19FN4O2S/c1-13-4-5-17(16(21)9-13)24-11-14(10-19(24)26)20(27)23-18-6-7-22-25(18)12-15-3-2-8-28-15/h2-9,14H,10-12H2,1H3,(H,23,27)/t14-/m1/s1. The van der Waals surface area contributed by atoms with E-state index in [2.05, 4.69) is 10.4 Å². The van der Waals surface area contributed by atoms with Crippen molar-refractivity contribution in [3.05, 3.63) is 64.2 Å². The fraction of sp³-hybridized carbons (Fsp3) is 0.250. The number of rotatable bonds is 5. The van der Waals surface area contributed by atoms with Gasteiger partial charge < -0.3 is 10.2 Å². The van der Waals surface area contributed by atoms with Gasteiger partial charge in [0.05, 0.1) is 24.3 Å². The van der Waals surface area contributed by atoms with Crippen LogP contribution in [0.2, 0.25) is 0 Å². The molecule has 1 aliphatic rings. The normalized spacial score (nSPS) is 16.6. The summed E-state index contributed by atoms with van der Waals surface area (Å²) in [4.78, 5) is 27.5. The van der Waals surface area contributed by atoms with Gasteiger partial charge in [-0.05, 0) is 36.1 Å². The highest BCUT2D eigenvalue weighted by Crippen LogP contribution is 2.28. The summed E-state index contributed by atoms with van der Waals surface area (Å²) in [5.41, 5.74) is 0.995. The summed E-state index contributed by atoms with van der Waals surface area (Å²) in [6.07, 6.45) is 1.68. The lowest BCUT2D eigenvalue weighted by atomic mass is 10.1. The first kappa shape index (κ1) is 18.4. The van der Waals surface area contributed by atoms with Crippen LogP contribution in [-0.2, 0) is 16.1 Å². The number of aryl methyl sites for hydroxylation is 1. The van der Waals surface area contributed by atoms with E-state index < -0.39 is 11.7 Å². The number of aromatic nitrogens is 2. The van der Waals surface area contributed by atoms with E-state index in [4.69, 9.17) is 0 Å². The van der Waals surface area contributed by atoms with E-state index in [1.807, 2.05) is 17.5 Å². The minimum absolute atomic E-state index is 0.0538. The molecule has 6 nitrogen and oxygen atoms in total. The molecule has 144 valence electrons. The van der Waals surface area contributed by atoms with Crippen molar-refractivity contribution < 1.29 is 14.0 Å². The van der Waals surface area contributed by atoms with E-state index >= 15 is 0 Å². The Balaban J connectivity index is 1.45. The number of nitrogens with zero attached hydrogens (tertiary/aromatic N) is 3. The lowest BCUT2D eigenvalue weighted by Gasteiger charge is -2.18. The van der Waals surface area contributed by atoms with Gasteiger partial charge in [-0.25, -0.2) is 9.07 Å². The van der Waals surface area contributed by atoms with E-state index in [1.54, 1.807) is 47.3 Å². The molecule has 0 spiro atoms. The van der Waals surface area contributed by atoms with Crippen LogP contribution in [0.25, 0.3) is 0 Å². The summed E-state index contributed by atoms with van der Waals surface area (Å²) in [6.45, 7) is 2.50. The topological polar surface area (TPSA) is 67.2 Å². The Kier molecular flexibility index (Phi) is 4.95. The highest BCUT2D eigenvalue weighted by molar-refractivity contribution is 7.09. The molecule has 1 atom stereocenters. The van der Waals surface area contributed by atoms with Crippen LogP contribution >= 0.6 is 11.3 Å². The fourth-order valence-corrected chi connectivity index (χ4v) is 3.98. The van der Waals surface area contributed by atoms with Gasteiger partial charge in [0, 0.05) is 23.9 Å². The highest BCUT2D eigenvalue weighted by Gasteiger charge is 2.36. The number of nitrogens with one attached hydrogen (secondary N) is 1. The summed E-state index contributed by atoms with van der Waals surface area (Å²) in [5.74, 6) is -0.946. The Bertz CT molecular complexity index is 1020. The molecule has 3 aromatic rings. The van der Waals surface area contributed by atoms with Gasteiger partial charge in [-0.3, -0.25) is 9.59 Å². The number of hydrogen-bond acceptors (Lipinski definition) is 4. The van der Waals surface area contributed by atoms with Crippen molar-refractivity contribution in [2.45, 2.75) is 19.9 Å². The van der Waals surface area contributed by atoms with Crippen molar-refractivity contribution in [1.29, 1.82) is 0 Å². The van der Waals surface area contributed by atoms with E-state index in [9.17, 15) is 14.0 Å². The molecule has 1 aromatic carbocycles. The maximum absolute atomic E-state index is 14.2. The zero-order valence-corrected chi connectivity index (χ0v) is 16.1. The van der Waals surface area contributed by atoms with Gasteiger partial charge in [0.15, 0.2) is 0 Å². The second-order valence-corrected chi connectivity index (χ2v) is 7.84. The summed E-state index contributed by atoms with van der Waals surface area (Å²) in [6, 6.07) is 10.4. The van der Waals surface area contributed by atoms with Gasteiger partial charge in [0.2, 0.25) is 11.8 Å². The largest absolute Gasteiger partial charge is 0.311 e. The number of hydrogen-bond donors (Lipinski definition) is 1. The van der Waals surface area contributed by atoms with E-state index in [-0.39, 0.29) is 30.5 Å². The average Bonchev–Trinajstić information content (AvgIpc) is 3.39. The summed E-state index contributed by atoms with van der Waals surface area (Å²) in [7, 11) is 0. The molecule has 0 unspecified atom stereocenters. The first-order valence-electron chi connectivity index (χ1n) is 8.93. The fourth-order valence-electron chi connectivity index (χ4n) is 3.29. The van der Waals surface area contributed by atoms with Crippen molar-refractivity contribution in [2.75, 3.05) is 16.8 Å². The number of benzene rings is 1. The Morgan fingerprint density at radius 2 is 2.21 bits per heavy atom. The molecule has 1 fully saturated rings.